The Labute approximate surface area is 249 Å². The first-order valence-corrected chi connectivity index (χ1v) is 15.1. The van der Waals surface area contributed by atoms with Gasteiger partial charge >= 0.3 is 0 Å². The monoisotopic (exact) mass is 604 g/mol. The summed E-state index contributed by atoms with van der Waals surface area (Å²) in [5, 5.41) is 9.00. The number of methoxy groups -OCH3 is 4. The summed E-state index contributed by atoms with van der Waals surface area (Å²) in [6.45, 7) is 0.360. The van der Waals surface area contributed by atoms with Crippen molar-refractivity contribution < 1.29 is 31.9 Å². The van der Waals surface area contributed by atoms with Gasteiger partial charge in [-0.2, -0.15) is 5.10 Å². The van der Waals surface area contributed by atoms with Crippen molar-refractivity contribution in [1.29, 1.82) is 0 Å². The molecule has 1 fully saturated rings. The van der Waals surface area contributed by atoms with E-state index in [1.807, 2.05) is 30.5 Å². The molecule has 43 heavy (non-hydrogen) atoms. The molecule has 224 valence electrons. The standard InChI is InChI=1S/C31H32N4O7S/c1-38-24-12-20(13-25(17-24)39-2)19-35(43(36,37)29-16-23(22-6-7-22)8-9-26(29)40-3)31-30-27(41-4)14-21(15-28(30)42-33-31)18-34-11-5-10-32-34/h5,8-17,22H,6-7,18-19H2,1-4H3. The van der Waals surface area contributed by atoms with E-state index in [0.29, 0.717) is 46.2 Å². The SMILES string of the molecule is COc1cc(CN(c2noc3cc(Cn4cccn4)cc(OC)c23)S(=O)(=O)c2cc(C3CC3)ccc2OC)cc(OC)c1. The van der Waals surface area contributed by atoms with E-state index < -0.39 is 10.0 Å². The van der Waals surface area contributed by atoms with Crippen molar-refractivity contribution in [3.63, 3.8) is 0 Å². The lowest BCUT2D eigenvalue weighted by Gasteiger charge is -2.24. The lowest BCUT2D eigenvalue weighted by molar-refractivity contribution is 0.393. The highest BCUT2D eigenvalue weighted by atomic mass is 32.2. The minimum absolute atomic E-state index is 0.0414. The van der Waals surface area contributed by atoms with Crippen LogP contribution in [-0.2, 0) is 23.1 Å². The fourth-order valence-corrected chi connectivity index (χ4v) is 6.76. The summed E-state index contributed by atoms with van der Waals surface area (Å²) in [6, 6.07) is 16.0. The third kappa shape index (κ3) is 5.57. The summed E-state index contributed by atoms with van der Waals surface area (Å²) >= 11 is 0. The van der Waals surface area contributed by atoms with Crippen LogP contribution in [0.1, 0.15) is 35.4 Å². The van der Waals surface area contributed by atoms with Crippen LogP contribution in [0.25, 0.3) is 11.0 Å². The molecule has 0 radical (unpaired) electrons. The maximum atomic E-state index is 14.7. The number of anilines is 1. The second-order valence-electron chi connectivity index (χ2n) is 10.3. The molecule has 0 spiro atoms. The second-order valence-corrected chi connectivity index (χ2v) is 12.1. The number of ether oxygens (including phenoxy) is 4. The molecule has 2 heterocycles. The Morgan fingerprint density at radius 1 is 0.907 bits per heavy atom. The smallest absolute Gasteiger partial charge is 0.269 e. The van der Waals surface area contributed by atoms with Crippen LogP contribution < -0.4 is 23.3 Å². The maximum absolute atomic E-state index is 14.7. The van der Waals surface area contributed by atoms with Crippen LogP contribution in [0.5, 0.6) is 23.0 Å². The van der Waals surface area contributed by atoms with Crippen molar-refractivity contribution in [3.8, 4) is 23.0 Å². The number of hydrogen-bond acceptors (Lipinski definition) is 9. The van der Waals surface area contributed by atoms with Gasteiger partial charge in [0.25, 0.3) is 10.0 Å². The molecule has 0 saturated heterocycles. The first-order chi connectivity index (χ1) is 20.8. The number of sulfonamides is 1. The molecule has 2 aromatic heterocycles. The first-order valence-electron chi connectivity index (χ1n) is 13.7. The Bertz CT molecular complexity index is 1840. The van der Waals surface area contributed by atoms with Gasteiger partial charge in [0, 0.05) is 18.5 Å². The van der Waals surface area contributed by atoms with Gasteiger partial charge in [-0.25, -0.2) is 12.7 Å². The summed E-state index contributed by atoms with van der Waals surface area (Å²) in [4.78, 5) is 0.0414. The fraction of sp³-hybridized carbons (Fsp3) is 0.290. The van der Waals surface area contributed by atoms with Crippen LogP contribution in [0.4, 0.5) is 5.82 Å². The average Bonchev–Trinajstić information content (AvgIpc) is 3.60. The third-order valence-corrected chi connectivity index (χ3v) is 9.24. The number of rotatable bonds is 12. The summed E-state index contributed by atoms with van der Waals surface area (Å²) in [5.41, 5.74) is 2.79. The zero-order chi connectivity index (χ0) is 30.1. The van der Waals surface area contributed by atoms with Crippen molar-refractivity contribution >= 4 is 26.8 Å². The topological polar surface area (TPSA) is 118 Å². The number of hydrogen-bond donors (Lipinski definition) is 0. The number of benzene rings is 3. The zero-order valence-corrected chi connectivity index (χ0v) is 25.1. The molecule has 12 heteroatoms. The van der Waals surface area contributed by atoms with Crippen LogP contribution in [0.3, 0.4) is 0 Å². The van der Waals surface area contributed by atoms with Crippen LogP contribution in [0.2, 0.25) is 0 Å². The van der Waals surface area contributed by atoms with Crippen LogP contribution in [0, 0.1) is 0 Å². The van der Waals surface area contributed by atoms with Gasteiger partial charge in [-0.15, -0.1) is 0 Å². The highest BCUT2D eigenvalue weighted by Gasteiger charge is 2.35. The van der Waals surface area contributed by atoms with Crippen molar-refractivity contribution in [1.82, 2.24) is 14.9 Å². The van der Waals surface area contributed by atoms with Crippen molar-refractivity contribution in [3.05, 3.63) is 83.7 Å². The average molecular weight is 605 g/mol. The lowest BCUT2D eigenvalue weighted by Crippen LogP contribution is -2.31. The van der Waals surface area contributed by atoms with E-state index in [4.69, 9.17) is 23.5 Å². The Kier molecular flexibility index (Phi) is 7.61. The molecular weight excluding hydrogens is 572 g/mol. The molecule has 0 atom stereocenters. The Morgan fingerprint density at radius 2 is 1.65 bits per heavy atom. The Balaban J connectivity index is 1.52. The molecule has 1 aliphatic rings. The maximum Gasteiger partial charge on any atom is 0.269 e. The molecule has 0 unspecified atom stereocenters. The second kappa shape index (κ2) is 11.5. The predicted molar refractivity (Wildman–Crippen MR) is 160 cm³/mol. The van der Waals surface area contributed by atoms with Gasteiger partial charge in [0.15, 0.2) is 11.4 Å². The molecule has 5 aromatic rings. The minimum Gasteiger partial charge on any atom is -0.497 e. The molecule has 0 bridgehead atoms. The third-order valence-electron chi connectivity index (χ3n) is 7.48. The molecule has 11 nitrogen and oxygen atoms in total. The van der Waals surface area contributed by atoms with Gasteiger partial charge < -0.3 is 23.5 Å². The number of aromatic nitrogens is 3. The van der Waals surface area contributed by atoms with E-state index in [0.717, 1.165) is 24.0 Å². The highest BCUT2D eigenvalue weighted by Crippen LogP contribution is 2.44. The highest BCUT2D eigenvalue weighted by molar-refractivity contribution is 7.93. The van der Waals surface area contributed by atoms with Crippen molar-refractivity contribution in [2.45, 2.75) is 36.7 Å². The Hall–Kier alpha value is -4.71. The molecule has 3 aromatic carbocycles. The van der Waals surface area contributed by atoms with Gasteiger partial charge in [0.2, 0.25) is 0 Å². The van der Waals surface area contributed by atoms with Crippen LogP contribution in [0.15, 0.2) is 76.4 Å². The van der Waals surface area contributed by atoms with Gasteiger partial charge in [-0.3, -0.25) is 4.68 Å². The van der Waals surface area contributed by atoms with Crippen LogP contribution in [-0.4, -0.2) is 51.8 Å². The molecule has 1 saturated carbocycles. The molecule has 1 aliphatic carbocycles. The minimum atomic E-state index is -4.27. The van der Waals surface area contributed by atoms with Crippen molar-refractivity contribution in [2.24, 2.45) is 0 Å². The van der Waals surface area contributed by atoms with E-state index in [-0.39, 0.29) is 23.0 Å². The Morgan fingerprint density at radius 3 is 2.28 bits per heavy atom. The van der Waals surface area contributed by atoms with Gasteiger partial charge in [0.05, 0.1) is 41.5 Å². The van der Waals surface area contributed by atoms with Gasteiger partial charge in [-0.1, -0.05) is 11.2 Å². The summed E-state index contributed by atoms with van der Waals surface area (Å²) in [7, 11) is 1.80. The summed E-state index contributed by atoms with van der Waals surface area (Å²) in [5.74, 6) is 2.10. The van der Waals surface area contributed by atoms with Crippen molar-refractivity contribution in [2.75, 3.05) is 32.7 Å². The normalized spacial score (nSPS) is 13.2. The quantitative estimate of drug-likeness (QED) is 0.185. The van der Waals surface area contributed by atoms with Gasteiger partial charge in [0.1, 0.15) is 33.3 Å². The van der Waals surface area contributed by atoms with Gasteiger partial charge in [-0.05, 0) is 77.9 Å². The van der Waals surface area contributed by atoms with E-state index in [9.17, 15) is 8.42 Å². The van der Waals surface area contributed by atoms with E-state index in [2.05, 4.69) is 10.3 Å². The first kappa shape index (κ1) is 28.4. The largest absolute Gasteiger partial charge is 0.497 e. The molecule has 0 N–H and O–H groups in total. The summed E-state index contributed by atoms with van der Waals surface area (Å²) in [6.07, 6.45) is 5.59. The lowest BCUT2D eigenvalue weighted by atomic mass is 10.1. The number of nitrogens with zero attached hydrogens (tertiary/aromatic N) is 4. The van der Waals surface area contributed by atoms with E-state index in [1.54, 1.807) is 41.2 Å². The van der Waals surface area contributed by atoms with E-state index in [1.165, 1.54) is 32.7 Å². The molecule has 0 aliphatic heterocycles. The zero-order valence-electron chi connectivity index (χ0n) is 24.3. The molecular formula is C31H32N4O7S. The van der Waals surface area contributed by atoms with Crippen LogP contribution >= 0.6 is 0 Å². The van der Waals surface area contributed by atoms with E-state index >= 15 is 0 Å². The molecule has 0 amide bonds. The number of fused-ring (bicyclic) bond motifs is 1. The fourth-order valence-electron chi connectivity index (χ4n) is 5.16. The molecule has 6 rings (SSSR count). The summed E-state index contributed by atoms with van der Waals surface area (Å²) < 4.78 is 60.4. The predicted octanol–water partition coefficient (Wildman–Crippen LogP) is 5.38.